The third-order valence-electron chi connectivity index (χ3n) is 5.76. The van der Waals surface area contributed by atoms with Crippen LogP contribution in [0.25, 0.3) is 27.0 Å². The second-order valence-electron chi connectivity index (χ2n) is 7.54. The van der Waals surface area contributed by atoms with Gasteiger partial charge in [-0.3, -0.25) is 0 Å². The van der Waals surface area contributed by atoms with Crippen LogP contribution < -0.4 is 15.4 Å². The first-order valence-electron chi connectivity index (χ1n) is 9.69. The molecule has 3 heterocycles. The van der Waals surface area contributed by atoms with Crippen LogP contribution in [0.2, 0.25) is 0 Å². The number of imidazole rings is 1. The molecule has 29 heavy (non-hydrogen) atoms. The molecule has 0 unspecified atom stereocenters. The Hall–Kier alpha value is -2.68. The fourth-order valence-electron chi connectivity index (χ4n) is 3.90. The van der Waals surface area contributed by atoms with Gasteiger partial charge in [-0.25, -0.2) is 9.50 Å². The van der Waals surface area contributed by atoms with Crippen LogP contribution in [-0.4, -0.2) is 52.0 Å². The van der Waals surface area contributed by atoms with E-state index in [0.717, 1.165) is 51.0 Å². The van der Waals surface area contributed by atoms with Crippen LogP contribution in [-0.2, 0) is 0 Å². The van der Waals surface area contributed by atoms with Crippen LogP contribution in [0, 0.1) is 0 Å². The highest BCUT2D eigenvalue weighted by Crippen LogP contribution is 2.36. The number of piperidine rings is 1. The molecule has 1 fully saturated rings. The second kappa shape index (κ2) is 6.98. The molecule has 0 aliphatic carbocycles. The van der Waals surface area contributed by atoms with E-state index in [0.29, 0.717) is 19.4 Å². The van der Waals surface area contributed by atoms with Crippen LogP contribution >= 0.6 is 11.3 Å². The molecule has 1 saturated heterocycles. The minimum absolute atomic E-state index is 0.300. The predicted octanol–water partition coefficient (Wildman–Crippen LogP) is 2.91. The van der Waals surface area contributed by atoms with E-state index in [-0.39, 0.29) is 0 Å². The van der Waals surface area contributed by atoms with Crippen molar-refractivity contribution >= 4 is 32.2 Å². The Labute approximate surface area is 172 Å². The molecule has 4 aromatic rings. The summed E-state index contributed by atoms with van der Waals surface area (Å²) < 4.78 is 7.55. The molecule has 8 heteroatoms. The number of aromatic nitrogens is 3. The van der Waals surface area contributed by atoms with Crippen molar-refractivity contribution in [3.8, 4) is 17.0 Å². The van der Waals surface area contributed by atoms with Crippen LogP contribution in [0.1, 0.15) is 12.8 Å². The first-order valence-corrected chi connectivity index (χ1v) is 10.5. The van der Waals surface area contributed by atoms with Gasteiger partial charge in [0.25, 0.3) is 0 Å². The van der Waals surface area contributed by atoms with Gasteiger partial charge in [-0.05, 0) is 35.7 Å². The second-order valence-corrected chi connectivity index (χ2v) is 8.47. The number of hydrogen-bond acceptors (Lipinski definition) is 7. The fourth-order valence-corrected chi connectivity index (χ4v) is 4.83. The minimum atomic E-state index is -0.752. The quantitative estimate of drug-likeness (QED) is 0.539. The molecular weight excluding hydrogens is 386 g/mol. The minimum Gasteiger partial charge on any atom is -0.496 e. The summed E-state index contributed by atoms with van der Waals surface area (Å²) in [5.41, 5.74) is 6.83. The first-order chi connectivity index (χ1) is 14.1. The maximum Gasteiger partial charge on any atom is 0.214 e. The number of anilines is 1. The summed E-state index contributed by atoms with van der Waals surface area (Å²) in [4.78, 5) is 7.62. The Kier molecular flexibility index (Phi) is 4.42. The molecular formula is C21H23N5O2S. The third kappa shape index (κ3) is 3.13. The zero-order chi connectivity index (χ0) is 20.0. The van der Waals surface area contributed by atoms with Gasteiger partial charge in [-0.2, -0.15) is 0 Å². The maximum atomic E-state index is 10.4. The van der Waals surface area contributed by atoms with Gasteiger partial charge in [0.2, 0.25) is 10.1 Å². The number of nitrogens with zero attached hydrogens (tertiary/aromatic N) is 4. The highest BCUT2D eigenvalue weighted by atomic mass is 32.1. The Balaban J connectivity index is 1.53. The van der Waals surface area contributed by atoms with E-state index < -0.39 is 5.60 Å². The lowest BCUT2D eigenvalue weighted by atomic mass is 9.92. The largest absolute Gasteiger partial charge is 0.496 e. The van der Waals surface area contributed by atoms with Crippen molar-refractivity contribution in [3.05, 3.63) is 42.6 Å². The number of benzene rings is 2. The number of methoxy groups -OCH3 is 1. The Morgan fingerprint density at radius 2 is 1.93 bits per heavy atom. The van der Waals surface area contributed by atoms with Crippen LogP contribution in [0.5, 0.6) is 5.75 Å². The Morgan fingerprint density at radius 3 is 2.62 bits per heavy atom. The van der Waals surface area contributed by atoms with E-state index in [2.05, 4.69) is 34.1 Å². The number of ether oxygens (including phenoxy) is 1. The molecule has 0 spiro atoms. The summed E-state index contributed by atoms with van der Waals surface area (Å²) in [6, 6.07) is 12.4. The van der Waals surface area contributed by atoms with Crippen molar-refractivity contribution in [2.45, 2.75) is 18.4 Å². The molecule has 5 rings (SSSR count). The zero-order valence-corrected chi connectivity index (χ0v) is 17.0. The average Bonchev–Trinajstić information content (AvgIpc) is 3.34. The number of rotatable bonds is 4. The van der Waals surface area contributed by atoms with Gasteiger partial charge in [-0.1, -0.05) is 35.6 Å². The topological polar surface area (TPSA) is 88.9 Å². The van der Waals surface area contributed by atoms with Gasteiger partial charge in [0.1, 0.15) is 5.75 Å². The summed E-state index contributed by atoms with van der Waals surface area (Å²) in [7, 11) is 1.69. The Morgan fingerprint density at radius 1 is 1.21 bits per heavy atom. The molecule has 3 N–H and O–H groups in total. The average molecular weight is 410 g/mol. The van der Waals surface area contributed by atoms with Crippen molar-refractivity contribution < 1.29 is 9.84 Å². The van der Waals surface area contributed by atoms with Crippen molar-refractivity contribution in [2.75, 3.05) is 31.6 Å². The van der Waals surface area contributed by atoms with Crippen LogP contribution in [0.15, 0.2) is 42.6 Å². The molecule has 7 nitrogen and oxygen atoms in total. The zero-order valence-electron chi connectivity index (χ0n) is 16.2. The van der Waals surface area contributed by atoms with Crippen LogP contribution in [0.4, 0.5) is 5.13 Å². The third-order valence-corrected chi connectivity index (χ3v) is 6.75. The van der Waals surface area contributed by atoms with E-state index in [4.69, 9.17) is 15.6 Å². The van der Waals surface area contributed by atoms with E-state index in [1.807, 2.05) is 22.8 Å². The smallest absolute Gasteiger partial charge is 0.214 e. The molecule has 2 aromatic heterocycles. The molecule has 0 amide bonds. The van der Waals surface area contributed by atoms with Gasteiger partial charge < -0.3 is 20.5 Å². The molecule has 150 valence electrons. The molecule has 1 aliphatic rings. The number of hydrogen-bond donors (Lipinski definition) is 2. The summed E-state index contributed by atoms with van der Waals surface area (Å²) in [6.45, 7) is 1.77. The standard InChI is InChI=1S/C21H23N5O2S/c1-28-18-11-15-5-3-2-4-14(15)10-16(18)17-12-23-19-26(17)24-20(29-19)25-8-6-21(27,13-22)7-9-25/h2-5,10-12,27H,6-9,13,22H2,1H3. The van der Waals surface area contributed by atoms with Crippen molar-refractivity contribution in [2.24, 2.45) is 5.73 Å². The molecule has 0 bridgehead atoms. The van der Waals surface area contributed by atoms with Gasteiger partial charge in [-0.15, -0.1) is 5.10 Å². The van der Waals surface area contributed by atoms with Crippen molar-refractivity contribution in [1.29, 1.82) is 0 Å². The number of nitrogens with two attached hydrogens (primary N) is 1. The fraction of sp³-hybridized carbons (Fsp3) is 0.333. The van der Waals surface area contributed by atoms with Gasteiger partial charge in [0.05, 0.1) is 24.6 Å². The highest BCUT2D eigenvalue weighted by molar-refractivity contribution is 7.20. The van der Waals surface area contributed by atoms with E-state index in [1.54, 1.807) is 18.4 Å². The molecule has 0 saturated carbocycles. The van der Waals surface area contributed by atoms with E-state index in [9.17, 15) is 5.11 Å². The highest BCUT2D eigenvalue weighted by Gasteiger charge is 2.32. The Bertz CT molecular complexity index is 1180. The monoisotopic (exact) mass is 409 g/mol. The van der Waals surface area contributed by atoms with E-state index >= 15 is 0 Å². The van der Waals surface area contributed by atoms with Gasteiger partial charge in [0, 0.05) is 25.2 Å². The first kappa shape index (κ1) is 18.4. The van der Waals surface area contributed by atoms with Crippen molar-refractivity contribution in [1.82, 2.24) is 14.6 Å². The van der Waals surface area contributed by atoms with Crippen LogP contribution in [0.3, 0.4) is 0 Å². The van der Waals surface area contributed by atoms with Crippen molar-refractivity contribution in [3.63, 3.8) is 0 Å². The predicted molar refractivity (Wildman–Crippen MR) is 116 cm³/mol. The molecule has 2 aromatic carbocycles. The maximum absolute atomic E-state index is 10.4. The normalized spacial score (nSPS) is 16.6. The lowest BCUT2D eigenvalue weighted by molar-refractivity contribution is 0.0249. The summed E-state index contributed by atoms with van der Waals surface area (Å²) in [6.07, 6.45) is 3.14. The number of aliphatic hydroxyl groups is 1. The molecule has 0 radical (unpaired) electrons. The SMILES string of the molecule is COc1cc2ccccc2cc1-c1cnc2sc(N3CCC(O)(CN)CC3)nn12. The van der Waals surface area contributed by atoms with Gasteiger partial charge in [0.15, 0.2) is 0 Å². The number of fused-ring (bicyclic) bond motifs is 2. The summed E-state index contributed by atoms with van der Waals surface area (Å²) >= 11 is 1.56. The summed E-state index contributed by atoms with van der Waals surface area (Å²) in [5, 5.41) is 18.4. The summed E-state index contributed by atoms with van der Waals surface area (Å²) in [5.74, 6) is 0.797. The molecule has 0 atom stereocenters. The lowest BCUT2D eigenvalue weighted by Crippen LogP contribution is -2.48. The van der Waals surface area contributed by atoms with E-state index in [1.165, 1.54) is 0 Å². The van der Waals surface area contributed by atoms with Gasteiger partial charge >= 0.3 is 0 Å². The lowest BCUT2D eigenvalue weighted by Gasteiger charge is -2.37. The molecule has 1 aliphatic heterocycles.